The third kappa shape index (κ3) is 5.83. The van der Waals surface area contributed by atoms with Gasteiger partial charge in [0.05, 0.1) is 22.1 Å². The number of rotatable bonds is 6. The van der Waals surface area contributed by atoms with Crippen LogP contribution in [0.4, 0.5) is 0 Å². The molecule has 0 spiro atoms. The molecule has 10 aromatic carbocycles. The number of hydrogen-bond acceptors (Lipinski definition) is 3. The lowest BCUT2D eigenvalue weighted by Crippen LogP contribution is -2.02. The van der Waals surface area contributed by atoms with Crippen molar-refractivity contribution in [3.8, 4) is 56.7 Å². The molecule has 5 nitrogen and oxygen atoms in total. The highest BCUT2D eigenvalue weighted by atomic mass is 15.0. The second-order valence-corrected chi connectivity index (χ2v) is 16.5. The van der Waals surface area contributed by atoms with Gasteiger partial charge in [0.2, 0.25) is 0 Å². The molecule has 0 aliphatic heterocycles. The fraction of sp³-hybridized carbons (Fsp3) is 0. The van der Waals surface area contributed by atoms with Crippen molar-refractivity contribution in [1.29, 1.82) is 0 Å². The number of hydrogen-bond donors (Lipinski definition) is 0. The maximum absolute atomic E-state index is 5.43. The van der Waals surface area contributed by atoms with Crippen molar-refractivity contribution in [1.82, 2.24) is 24.1 Å². The molecule has 0 radical (unpaired) electrons. The Morgan fingerprint density at radius 2 is 0.734 bits per heavy atom. The van der Waals surface area contributed by atoms with Crippen molar-refractivity contribution in [2.24, 2.45) is 0 Å². The summed E-state index contributed by atoms with van der Waals surface area (Å²) in [6, 6.07) is 79.9. The zero-order chi connectivity index (χ0) is 42.1. The summed E-state index contributed by atoms with van der Waals surface area (Å²) in [6.45, 7) is 0. The minimum Gasteiger partial charge on any atom is -0.309 e. The second kappa shape index (κ2) is 14.5. The summed E-state index contributed by atoms with van der Waals surface area (Å²) in [7, 11) is 0. The first-order valence-electron chi connectivity index (χ1n) is 21.7. The predicted octanol–water partition coefficient (Wildman–Crippen LogP) is 15.0. The van der Waals surface area contributed by atoms with Gasteiger partial charge in [0, 0.05) is 49.6 Å². The third-order valence-electron chi connectivity index (χ3n) is 12.7. The Bertz CT molecular complexity index is 3940. The molecular weight excluding hydrogens is 779 g/mol. The summed E-state index contributed by atoms with van der Waals surface area (Å²) in [5.74, 6) is 1.83. The van der Waals surface area contributed by atoms with Gasteiger partial charge in [-0.3, -0.25) is 0 Å². The first-order chi connectivity index (χ1) is 31.7. The van der Waals surface area contributed by atoms with Gasteiger partial charge < -0.3 is 9.13 Å². The molecule has 0 aliphatic carbocycles. The van der Waals surface area contributed by atoms with E-state index >= 15 is 0 Å². The summed E-state index contributed by atoms with van der Waals surface area (Å²) in [4.78, 5) is 16.1. The zero-order valence-corrected chi connectivity index (χ0v) is 34.6. The summed E-state index contributed by atoms with van der Waals surface area (Å²) < 4.78 is 4.74. The molecule has 0 saturated carbocycles. The number of para-hydroxylation sites is 3. The summed E-state index contributed by atoms with van der Waals surface area (Å²) in [5, 5.41) is 9.40. The van der Waals surface area contributed by atoms with E-state index in [4.69, 9.17) is 15.0 Å². The normalized spacial score (nSPS) is 11.8. The highest BCUT2D eigenvalue weighted by molar-refractivity contribution is 6.14. The van der Waals surface area contributed by atoms with Gasteiger partial charge in [0.25, 0.3) is 0 Å². The number of benzene rings is 10. The van der Waals surface area contributed by atoms with Crippen LogP contribution in [0.25, 0.3) is 122 Å². The average molecular weight is 816 g/mol. The Morgan fingerprint density at radius 3 is 1.47 bits per heavy atom. The van der Waals surface area contributed by atoms with Crippen LogP contribution in [0.2, 0.25) is 0 Å². The molecule has 0 aliphatic rings. The van der Waals surface area contributed by atoms with Crippen molar-refractivity contribution in [2.75, 3.05) is 0 Å². The molecule has 0 unspecified atom stereocenters. The Kier molecular flexibility index (Phi) is 8.15. The average Bonchev–Trinajstić information content (AvgIpc) is 3.87. The number of fused-ring (bicyclic) bond motifs is 8. The highest BCUT2D eigenvalue weighted by Crippen LogP contribution is 2.40. The molecule has 64 heavy (non-hydrogen) atoms. The number of nitrogens with zero attached hydrogens (tertiary/aromatic N) is 5. The Morgan fingerprint density at radius 1 is 0.250 bits per heavy atom. The van der Waals surface area contributed by atoms with E-state index in [9.17, 15) is 0 Å². The molecule has 5 heteroatoms. The van der Waals surface area contributed by atoms with E-state index in [0.717, 1.165) is 72.0 Å². The highest BCUT2D eigenvalue weighted by Gasteiger charge is 2.20. The fourth-order valence-electron chi connectivity index (χ4n) is 9.70. The van der Waals surface area contributed by atoms with E-state index in [-0.39, 0.29) is 0 Å². The summed E-state index contributed by atoms with van der Waals surface area (Å²) >= 11 is 0. The summed E-state index contributed by atoms with van der Waals surface area (Å²) in [5.41, 5.74) is 11.7. The topological polar surface area (TPSA) is 48.5 Å². The molecule has 0 bridgehead atoms. The van der Waals surface area contributed by atoms with Crippen LogP contribution in [-0.4, -0.2) is 24.1 Å². The SMILES string of the molecule is c1ccc(-c2ccc(-c3nc(-c4ccc5c6ccccc6n(-c6ccccc6)c5c4)nc(-c4cc(-n5c6ccccc6c6cc7ccccc7cc65)cc5ccccc45)n3)cc2)cc1. The Hall–Kier alpha value is -8.67. The lowest BCUT2D eigenvalue weighted by molar-refractivity contribution is 1.07. The maximum Gasteiger partial charge on any atom is 0.164 e. The molecule has 0 amide bonds. The standard InChI is InChI=1S/C59H37N5/c1-3-15-38(16-4-1)39-27-29-40(30-28-39)57-60-58(44-31-32-50-48-23-11-13-25-53(48)63(55(50)36-44)45-20-5-2-6-21-45)62-59(61-57)52-37-46(33-43-19-9-10-22-47(43)52)64-54-26-14-12-24-49(54)51-34-41-17-7-8-18-42(41)35-56(51)64/h1-37H. The molecule has 0 atom stereocenters. The van der Waals surface area contributed by atoms with Crippen molar-refractivity contribution < 1.29 is 0 Å². The van der Waals surface area contributed by atoms with Crippen molar-refractivity contribution >= 4 is 65.2 Å². The van der Waals surface area contributed by atoms with Crippen molar-refractivity contribution in [3.63, 3.8) is 0 Å². The Balaban J connectivity index is 1.06. The second-order valence-electron chi connectivity index (χ2n) is 16.5. The zero-order valence-electron chi connectivity index (χ0n) is 34.6. The number of aromatic nitrogens is 5. The largest absolute Gasteiger partial charge is 0.309 e. The van der Waals surface area contributed by atoms with Gasteiger partial charge in [-0.1, -0.05) is 170 Å². The van der Waals surface area contributed by atoms with Gasteiger partial charge in [0.15, 0.2) is 17.5 Å². The molecule has 3 aromatic heterocycles. The monoisotopic (exact) mass is 815 g/mol. The molecular formula is C59H37N5. The first-order valence-corrected chi connectivity index (χ1v) is 21.7. The van der Waals surface area contributed by atoms with Gasteiger partial charge in [-0.25, -0.2) is 15.0 Å². The predicted molar refractivity (Wildman–Crippen MR) is 265 cm³/mol. The van der Waals surface area contributed by atoms with Gasteiger partial charge >= 0.3 is 0 Å². The van der Waals surface area contributed by atoms with E-state index < -0.39 is 0 Å². The van der Waals surface area contributed by atoms with Crippen LogP contribution in [0.1, 0.15) is 0 Å². The van der Waals surface area contributed by atoms with Crippen LogP contribution in [0, 0.1) is 0 Å². The lowest BCUT2D eigenvalue weighted by Gasteiger charge is -2.15. The fourth-order valence-corrected chi connectivity index (χ4v) is 9.70. The van der Waals surface area contributed by atoms with Crippen LogP contribution in [0.5, 0.6) is 0 Å². The molecule has 0 N–H and O–H groups in total. The molecule has 0 saturated heterocycles. The molecule has 0 fully saturated rings. The molecule has 3 heterocycles. The molecule has 298 valence electrons. The van der Waals surface area contributed by atoms with E-state index in [0.29, 0.717) is 17.5 Å². The van der Waals surface area contributed by atoms with Crippen molar-refractivity contribution in [3.05, 3.63) is 224 Å². The van der Waals surface area contributed by atoms with E-state index in [1.807, 2.05) is 6.07 Å². The maximum atomic E-state index is 5.43. The third-order valence-corrected chi connectivity index (χ3v) is 12.7. The van der Waals surface area contributed by atoms with E-state index in [2.05, 4.69) is 228 Å². The van der Waals surface area contributed by atoms with E-state index in [1.54, 1.807) is 0 Å². The minimum absolute atomic E-state index is 0.608. The quantitative estimate of drug-likeness (QED) is 0.168. The summed E-state index contributed by atoms with van der Waals surface area (Å²) in [6.07, 6.45) is 0. The van der Waals surface area contributed by atoms with Gasteiger partial charge in [-0.05, 0) is 87.3 Å². The lowest BCUT2D eigenvalue weighted by atomic mass is 10.0. The van der Waals surface area contributed by atoms with Crippen molar-refractivity contribution in [2.45, 2.75) is 0 Å². The minimum atomic E-state index is 0.608. The molecule has 13 rings (SSSR count). The van der Waals surface area contributed by atoms with E-state index in [1.165, 1.54) is 32.3 Å². The van der Waals surface area contributed by atoms with Crippen LogP contribution in [0.15, 0.2) is 224 Å². The molecule has 13 aromatic rings. The van der Waals surface area contributed by atoms with Gasteiger partial charge in [-0.2, -0.15) is 0 Å². The van der Waals surface area contributed by atoms with Gasteiger partial charge in [0.1, 0.15) is 0 Å². The smallest absolute Gasteiger partial charge is 0.164 e. The van der Waals surface area contributed by atoms with Crippen LogP contribution in [-0.2, 0) is 0 Å². The van der Waals surface area contributed by atoms with Crippen LogP contribution in [0.3, 0.4) is 0 Å². The van der Waals surface area contributed by atoms with Gasteiger partial charge in [-0.15, -0.1) is 0 Å². The first kappa shape index (κ1) is 36.0. The van der Waals surface area contributed by atoms with Crippen LogP contribution < -0.4 is 0 Å². The Labute approximate surface area is 368 Å². The van der Waals surface area contributed by atoms with Crippen LogP contribution >= 0.6 is 0 Å².